The third kappa shape index (κ3) is 6.31. The second kappa shape index (κ2) is 15.9. The van der Waals surface area contributed by atoms with Crippen LogP contribution in [0, 0.1) is 0 Å². The van der Waals surface area contributed by atoms with Crippen molar-refractivity contribution in [3.63, 3.8) is 0 Å². The molecule has 0 atom stereocenters. The maximum absolute atomic E-state index is 7.47. The summed E-state index contributed by atoms with van der Waals surface area (Å²) in [5.74, 6) is 3.76. The fraction of sp³-hybridized carbons (Fsp3) is 0.127. The molecule has 0 spiro atoms. The van der Waals surface area contributed by atoms with E-state index >= 15 is 0 Å². The molecular formula is C55H39GaN8O4. The number of methoxy groups -OCH3 is 1. The first-order chi connectivity index (χ1) is 33.6. The molecule has 12 nitrogen and oxygen atoms in total. The number of aromatic nitrogens is 2. The molecule has 0 N–H and O–H groups in total. The molecule has 2 aromatic heterocycles. The molecule has 0 fully saturated rings. The van der Waals surface area contributed by atoms with E-state index in [4.69, 9.17) is 47.7 Å². The Bertz CT molecular complexity index is 3850. The van der Waals surface area contributed by atoms with Gasteiger partial charge in [-0.2, -0.15) is 0 Å². The van der Waals surface area contributed by atoms with Crippen molar-refractivity contribution in [3.8, 4) is 0 Å². The molecule has 0 saturated carbocycles. The minimum atomic E-state index is -3.92. The van der Waals surface area contributed by atoms with E-state index < -0.39 is 17.1 Å². The van der Waals surface area contributed by atoms with Gasteiger partial charge in [-0.05, 0) is 0 Å². The molecule has 4 aliphatic heterocycles. The normalized spacial score (nSPS) is 14.5. The van der Waals surface area contributed by atoms with Crippen molar-refractivity contribution in [2.75, 3.05) is 46.8 Å². The van der Waals surface area contributed by atoms with Gasteiger partial charge >= 0.3 is 396 Å². The van der Waals surface area contributed by atoms with Crippen LogP contribution in [0.5, 0.6) is 0 Å². The van der Waals surface area contributed by atoms with Crippen molar-refractivity contribution in [3.05, 3.63) is 179 Å². The van der Waals surface area contributed by atoms with Crippen LogP contribution in [0.1, 0.15) is 22.3 Å². The van der Waals surface area contributed by atoms with E-state index in [1.165, 1.54) is 0 Å². The molecule has 0 radical (unpaired) electrons. The fourth-order valence-electron chi connectivity index (χ4n) is 10.2. The molecule has 0 aliphatic carbocycles. The average molecular weight is 946 g/mol. The van der Waals surface area contributed by atoms with Crippen LogP contribution >= 0.6 is 0 Å². The van der Waals surface area contributed by atoms with Crippen molar-refractivity contribution in [1.82, 2.24) is 6.55 Å². The number of aliphatic imine (C=N–C) groups is 4. The van der Waals surface area contributed by atoms with Crippen LogP contribution in [0.2, 0.25) is 0 Å². The SMILES string of the molecule is COCCOCCOCC[O][Ga]1[n]2c3c4cc5ccccc5cc4c2N=C2N=C(N=c4c5cc6ccccc6cc5c([n]41)=NC1=NC(=N3)c3cc4ccccc4cc31)c1cc3ccccc3cc12. The van der Waals surface area contributed by atoms with Crippen LogP contribution in [-0.2, 0) is 17.7 Å². The zero-order valence-electron chi connectivity index (χ0n) is 36.9. The summed E-state index contributed by atoms with van der Waals surface area (Å²) >= 11 is -3.92. The molecule has 68 heavy (non-hydrogen) atoms. The second-order valence-corrected chi connectivity index (χ2v) is 21.6. The van der Waals surface area contributed by atoms with Gasteiger partial charge in [-0.15, -0.1) is 0 Å². The van der Waals surface area contributed by atoms with Gasteiger partial charge in [0, 0.05) is 0 Å². The Hall–Kier alpha value is -7.36. The first kappa shape index (κ1) is 39.8. The topological polar surface area (TPSA) is 121 Å². The van der Waals surface area contributed by atoms with Crippen molar-refractivity contribution in [2.24, 2.45) is 30.0 Å². The number of ether oxygens (including phenoxy) is 3. The maximum atomic E-state index is 7.47. The zero-order chi connectivity index (χ0) is 44.9. The summed E-state index contributed by atoms with van der Waals surface area (Å²) in [7, 11) is 1.67. The van der Waals surface area contributed by atoms with E-state index in [9.17, 15) is 0 Å². The van der Waals surface area contributed by atoms with Crippen molar-refractivity contribution in [2.45, 2.75) is 0 Å². The number of rotatable bonds is 10. The third-order valence-corrected chi connectivity index (χ3v) is 18.4. The molecule has 6 bridgehead atoms. The number of hydrogen-bond donors (Lipinski definition) is 0. The predicted molar refractivity (Wildman–Crippen MR) is 271 cm³/mol. The van der Waals surface area contributed by atoms with Gasteiger partial charge in [0.05, 0.1) is 0 Å². The number of hydrogen-bond acceptors (Lipinski definition) is 10. The Morgan fingerprint density at radius 2 is 0.706 bits per heavy atom. The van der Waals surface area contributed by atoms with Gasteiger partial charge in [0.15, 0.2) is 0 Å². The standard InChI is InChI=1S/C48H24N8.C7H15O4.Ga/c1-2-10-26-18-34-33(17-25(26)9-1)41-49-42(34)54-44-37-21-29-13-5-6-14-30(29)22-38(37)46(51-44)56-48-40-24-32-16-8-7-15-31(32)23-39(40)47(52-48)55-45-36-20-28-12-4-3-11-27(28)19-35(36)43(50-45)53-41;1-9-4-5-11-7-6-10-3-2-8;/h1-24H;2-7H2,1H3;/q-2;-1;+3. The summed E-state index contributed by atoms with van der Waals surface area (Å²) in [5.41, 5.74) is 5.08. The predicted octanol–water partition coefficient (Wildman–Crippen LogP) is 9.23. The van der Waals surface area contributed by atoms with E-state index in [-0.39, 0.29) is 0 Å². The van der Waals surface area contributed by atoms with E-state index in [0.29, 0.717) is 85.6 Å². The van der Waals surface area contributed by atoms with Gasteiger partial charge in [0.1, 0.15) is 0 Å². The summed E-state index contributed by atoms with van der Waals surface area (Å²) in [4.78, 5) is 33.4. The molecule has 0 saturated heterocycles. The van der Waals surface area contributed by atoms with E-state index in [1.807, 2.05) is 0 Å². The summed E-state index contributed by atoms with van der Waals surface area (Å²) < 4.78 is 29.1. The Morgan fingerprint density at radius 3 is 1.10 bits per heavy atom. The van der Waals surface area contributed by atoms with Gasteiger partial charge in [-0.25, -0.2) is 0 Å². The molecule has 14 rings (SSSR count). The summed E-state index contributed by atoms with van der Waals surface area (Å²) in [6, 6.07) is 51.4. The molecule has 326 valence electrons. The van der Waals surface area contributed by atoms with E-state index in [1.54, 1.807) is 7.11 Å². The zero-order valence-corrected chi connectivity index (χ0v) is 39.3. The Labute approximate surface area is 394 Å². The van der Waals surface area contributed by atoms with Crippen LogP contribution in [0.4, 0.5) is 11.6 Å². The molecule has 13 heteroatoms. The fourth-order valence-corrected chi connectivity index (χ4v) is 15.3. The summed E-state index contributed by atoms with van der Waals surface area (Å²) in [6.07, 6.45) is 0. The van der Waals surface area contributed by atoms with Gasteiger partial charge in [-0.1, -0.05) is 0 Å². The van der Waals surface area contributed by atoms with Crippen LogP contribution in [0.25, 0.3) is 64.6 Å². The van der Waals surface area contributed by atoms with Crippen molar-refractivity contribution >= 4 is 117 Å². The number of nitrogens with zero attached hydrogens (tertiary/aromatic N) is 8. The van der Waals surface area contributed by atoms with Crippen LogP contribution in [0.3, 0.4) is 0 Å². The molecule has 8 aromatic carbocycles. The van der Waals surface area contributed by atoms with Gasteiger partial charge < -0.3 is 0 Å². The minimum absolute atomic E-state index is 0.291. The van der Waals surface area contributed by atoms with Gasteiger partial charge in [0.25, 0.3) is 0 Å². The van der Waals surface area contributed by atoms with E-state index in [0.717, 1.165) is 86.9 Å². The Balaban J connectivity index is 1.13. The summed E-state index contributed by atoms with van der Waals surface area (Å²) in [5, 5.41) is 12.5. The Kier molecular flexibility index (Phi) is 9.29. The third-order valence-electron chi connectivity index (χ3n) is 13.4. The molecule has 4 aliphatic rings. The molecular weight excluding hydrogens is 906 g/mol. The first-order valence-corrected chi connectivity index (χ1v) is 26.1. The quantitative estimate of drug-likeness (QED) is 0.100. The van der Waals surface area contributed by atoms with Crippen LogP contribution in [-0.4, -0.2) is 93.7 Å². The first-order valence-electron chi connectivity index (χ1n) is 22.9. The number of amidine groups is 4. The average Bonchev–Trinajstić information content (AvgIpc) is 4.06. The summed E-state index contributed by atoms with van der Waals surface area (Å²) in [6.45, 7) is 2.54. The second-order valence-electron chi connectivity index (χ2n) is 17.4. The van der Waals surface area contributed by atoms with Crippen molar-refractivity contribution in [1.29, 1.82) is 0 Å². The van der Waals surface area contributed by atoms with E-state index in [2.05, 4.69) is 152 Å². The molecule has 0 unspecified atom stereocenters. The van der Waals surface area contributed by atoms with Crippen LogP contribution in [0.15, 0.2) is 176 Å². The number of benzene rings is 8. The van der Waals surface area contributed by atoms with Crippen molar-refractivity contribution < 1.29 is 17.7 Å². The van der Waals surface area contributed by atoms with Gasteiger partial charge in [0.2, 0.25) is 0 Å². The molecule has 10 aromatic rings. The molecule has 0 amide bonds. The monoisotopic (exact) mass is 944 g/mol. The number of fused-ring (bicyclic) bond motifs is 18. The Morgan fingerprint density at radius 1 is 0.368 bits per heavy atom. The van der Waals surface area contributed by atoms with Crippen LogP contribution < -0.4 is 11.0 Å². The van der Waals surface area contributed by atoms with Gasteiger partial charge in [-0.3, -0.25) is 0 Å². The molecule has 6 heterocycles.